The number of para-hydroxylation sites is 1. The van der Waals surface area contributed by atoms with Crippen molar-refractivity contribution >= 4 is 16.5 Å². The van der Waals surface area contributed by atoms with Gasteiger partial charge in [-0.25, -0.2) is 0 Å². The number of benzene rings is 1. The van der Waals surface area contributed by atoms with Gasteiger partial charge in [0, 0.05) is 11.4 Å². The van der Waals surface area contributed by atoms with Crippen LogP contribution in [0.3, 0.4) is 0 Å². The van der Waals surface area contributed by atoms with Gasteiger partial charge >= 0.3 is 0 Å². The monoisotopic (exact) mass is 225 g/mol. The number of nitrogen functional groups attached to an aromatic ring is 1. The van der Waals surface area contributed by atoms with Crippen LogP contribution in [-0.2, 0) is 10.8 Å². The van der Waals surface area contributed by atoms with Crippen LogP contribution < -0.4 is 5.73 Å². The van der Waals surface area contributed by atoms with Crippen LogP contribution in [0.1, 0.15) is 26.7 Å². The fourth-order valence-electron chi connectivity index (χ4n) is 1.61. The Balaban J connectivity index is 2.65. The van der Waals surface area contributed by atoms with Crippen molar-refractivity contribution in [3.8, 4) is 0 Å². The summed E-state index contributed by atoms with van der Waals surface area (Å²) in [7, 11) is -0.952. The summed E-state index contributed by atoms with van der Waals surface area (Å²) in [5.74, 6) is 1.21. The minimum Gasteiger partial charge on any atom is -0.398 e. The van der Waals surface area contributed by atoms with Crippen molar-refractivity contribution in [1.29, 1.82) is 0 Å². The molecule has 2 N–H and O–H groups in total. The molecule has 0 aromatic heterocycles. The van der Waals surface area contributed by atoms with Crippen LogP contribution in [0.25, 0.3) is 0 Å². The minimum atomic E-state index is -0.952. The van der Waals surface area contributed by atoms with E-state index < -0.39 is 10.8 Å². The highest BCUT2D eigenvalue weighted by atomic mass is 32.2. The summed E-state index contributed by atoms with van der Waals surface area (Å²) in [6.45, 7) is 4.29. The van der Waals surface area contributed by atoms with E-state index in [0.717, 1.165) is 17.7 Å². The lowest BCUT2D eigenvalue weighted by Gasteiger charge is -2.10. The third-order valence-corrected chi connectivity index (χ3v) is 4.12. The largest absolute Gasteiger partial charge is 0.398 e. The molecule has 1 aromatic rings. The number of anilines is 1. The molecule has 0 heterocycles. The van der Waals surface area contributed by atoms with Crippen LogP contribution in [0.5, 0.6) is 0 Å². The molecule has 84 valence electrons. The van der Waals surface area contributed by atoms with Crippen molar-refractivity contribution in [3.63, 3.8) is 0 Å². The number of nitrogens with two attached hydrogens (primary N) is 1. The molecule has 15 heavy (non-hydrogen) atoms. The third kappa shape index (κ3) is 3.67. The molecule has 0 spiro atoms. The van der Waals surface area contributed by atoms with Crippen molar-refractivity contribution in [2.75, 3.05) is 11.5 Å². The fraction of sp³-hybridized carbons (Fsp3) is 0.500. The van der Waals surface area contributed by atoms with Gasteiger partial charge in [0.25, 0.3) is 0 Å². The van der Waals surface area contributed by atoms with Gasteiger partial charge in [0.2, 0.25) is 0 Å². The number of rotatable bonds is 5. The smallest absolute Gasteiger partial charge is 0.0617 e. The zero-order chi connectivity index (χ0) is 11.3. The summed E-state index contributed by atoms with van der Waals surface area (Å²) in [5.41, 5.74) is 6.42. The predicted octanol–water partition coefficient (Wildman–Crippen LogP) is 2.81. The first-order chi connectivity index (χ1) is 7.15. The van der Waals surface area contributed by atoms with E-state index in [1.54, 1.807) is 6.07 Å². The Bertz CT molecular complexity index is 338. The molecule has 0 amide bonds. The summed E-state index contributed by atoms with van der Waals surface area (Å²) in [4.78, 5) is 0.778. The van der Waals surface area contributed by atoms with Crippen molar-refractivity contribution in [1.82, 2.24) is 0 Å². The molecule has 0 bridgehead atoms. The Labute approximate surface area is 94.3 Å². The first kappa shape index (κ1) is 12.2. The van der Waals surface area contributed by atoms with Gasteiger partial charge < -0.3 is 5.73 Å². The normalized spacial score (nSPS) is 14.8. The molecular formula is C12H19NOS. The SMILES string of the molecule is CCCC(C)CS(=O)c1ccccc1N. The molecule has 3 heteroatoms. The van der Waals surface area contributed by atoms with E-state index in [1.165, 1.54) is 0 Å². The first-order valence-electron chi connectivity index (χ1n) is 5.38. The molecule has 1 aromatic carbocycles. The first-order valence-corrected chi connectivity index (χ1v) is 6.70. The topological polar surface area (TPSA) is 43.1 Å². The van der Waals surface area contributed by atoms with Gasteiger partial charge in [0.15, 0.2) is 0 Å². The Morgan fingerprint density at radius 1 is 1.40 bits per heavy atom. The third-order valence-electron chi connectivity index (χ3n) is 2.38. The molecule has 0 fully saturated rings. The van der Waals surface area contributed by atoms with Gasteiger partial charge in [0.1, 0.15) is 0 Å². The van der Waals surface area contributed by atoms with E-state index in [2.05, 4.69) is 13.8 Å². The van der Waals surface area contributed by atoms with E-state index in [9.17, 15) is 4.21 Å². The van der Waals surface area contributed by atoms with Gasteiger partial charge in [-0.3, -0.25) is 4.21 Å². The van der Waals surface area contributed by atoms with Crippen LogP contribution in [0.2, 0.25) is 0 Å². The second kappa shape index (κ2) is 5.91. The zero-order valence-corrected chi connectivity index (χ0v) is 10.2. The minimum absolute atomic E-state index is 0.496. The molecule has 0 radical (unpaired) electrons. The van der Waals surface area contributed by atoms with Crippen molar-refractivity contribution in [2.45, 2.75) is 31.6 Å². The van der Waals surface area contributed by atoms with E-state index >= 15 is 0 Å². The summed E-state index contributed by atoms with van der Waals surface area (Å²) in [6.07, 6.45) is 2.26. The average molecular weight is 225 g/mol. The Morgan fingerprint density at radius 2 is 2.07 bits per heavy atom. The van der Waals surface area contributed by atoms with E-state index in [0.29, 0.717) is 17.4 Å². The van der Waals surface area contributed by atoms with Crippen molar-refractivity contribution in [3.05, 3.63) is 24.3 Å². The maximum absolute atomic E-state index is 12.0. The van der Waals surface area contributed by atoms with Gasteiger partial charge in [-0.2, -0.15) is 0 Å². The summed E-state index contributed by atoms with van der Waals surface area (Å²) in [5, 5.41) is 0. The zero-order valence-electron chi connectivity index (χ0n) is 9.40. The quantitative estimate of drug-likeness (QED) is 0.783. The second-order valence-electron chi connectivity index (χ2n) is 3.94. The molecule has 2 nitrogen and oxygen atoms in total. The van der Waals surface area contributed by atoms with Crippen LogP contribution in [0.4, 0.5) is 5.69 Å². The Morgan fingerprint density at radius 3 is 2.67 bits per heavy atom. The molecule has 1 rings (SSSR count). The lowest BCUT2D eigenvalue weighted by molar-refractivity contribution is 0.574. The Kier molecular flexibility index (Phi) is 4.82. The molecule has 2 unspecified atom stereocenters. The van der Waals surface area contributed by atoms with Crippen molar-refractivity contribution in [2.24, 2.45) is 5.92 Å². The standard InChI is InChI=1S/C12H19NOS/c1-3-6-10(2)9-15(14)12-8-5-4-7-11(12)13/h4-5,7-8,10H,3,6,9,13H2,1-2H3. The fourth-order valence-corrected chi connectivity index (χ4v) is 3.04. The number of hydrogen-bond donors (Lipinski definition) is 1. The van der Waals surface area contributed by atoms with Crippen LogP contribution in [0, 0.1) is 5.92 Å². The lowest BCUT2D eigenvalue weighted by atomic mass is 10.1. The van der Waals surface area contributed by atoms with Crippen LogP contribution >= 0.6 is 0 Å². The maximum atomic E-state index is 12.0. The van der Waals surface area contributed by atoms with E-state index in [1.807, 2.05) is 18.2 Å². The molecule has 0 saturated carbocycles. The van der Waals surface area contributed by atoms with Crippen molar-refractivity contribution < 1.29 is 4.21 Å². The van der Waals surface area contributed by atoms with Gasteiger partial charge in [-0.1, -0.05) is 38.8 Å². The van der Waals surface area contributed by atoms with E-state index in [4.69, 9.17) is 5.73 Å². The number of hydrogen-bond acceptors (Lipinski definition) is 2. The van der Waals surface area contributed by atoms with Crippen LogP contribution in [0.15, 0.2) is 29.2 Å². The van der Waals surface area contributed by atoms with Gasteiger partial charge in [0.05, 0.1) is 15.7 Å². The average Bonchev–Trinajstić information content (AvgIpc) is 2.18. The highest BCUT2D eigenvalue weighted by molar-refractivity contribution is 7.85. The molecular weight excluding hydrogens is 206 g/mol. The lowest BCUT2D eigenvalue weighted by Crippen LogP contribution is -2.09. The summed E-state index contributed by atoms with van der Waals surface area (Å²) >= 11 is 0. The Hall–Kier alpha value is -0.830. The van der Waals surface area contributed by atoms with E-state index in [-0.39, 0.29) is 0 Å². The van der Waals surface area contributed by atoms with Crippen LogP contribution in [-0.4, -0.2) is 9.96 Å². The highest BCUT2D eigenvalue weighted by Crippen LogP contribution is 2.18. The molecule has 2 atom stereocenters. The summed E-state index contributed by atoms with van der Waals surface area (Å²) < 4.78 is 12.0. The molecule has 0 aliphatic carbocycles. The predicted molar refractivity (Wildman–Crippen MR) is 66.2 cm³/mol. The second-order valence-corrected chi connectivity index (χ2v) is 5.41. The molecule has 0 aliphatic heterocycles. The maximum Gasteiger partial charge on any atom is 0.0617 e. The molecule has 0 aliphatic rings. The van der Waals surface area contributed by atoms with Gasteiger partial charge in [-0.05, 0) is 18.1 Å². The molecule has 0 saturated heterocycles. The highest BCUT2D eigenvalue weighted by Gasteiger charge is 2.11. The van der Waals surface area contributed by atoms with Gasteiger partial charge in [-0.15, -0.1) is 0 Å². The summed E-state index contributed by atoms with van der Waals surface area (Å²) in [6, 6.07) is 7.40.